The first-order chi connectivity index (χ1) is 7.20. The van der Waals surface area contributed by atoms with Crippen LogP contribution >= 0.6 is 0 Å². The van der Waals surface area contributed by atoms with Gasteiger partial charge < -0.3 is 10.4 Å². The van der Waals surface area contributed by atoms with Gasteiger partial charge in [-0.3, -0.25) is 4.79 Å². The first-order valence-corrected chi connectivity index (χ1v) is 5.21. The Labute approximate surface area is 89.1 Å². The van der Waals surface area contributed by atoms with Gasteiger partial charge in [0.25, 0.3) is 0 Å². The molecule has 1 amide bonds. The largest absolute Gasteiger partial charge is 0.393 e. The van der Waals surface area contributed by atoms with E-state index in [1.807, 2.05) is 30.3 Å². The highest BCUT2D eigenvalue weighted by Gasteiger charge is 2.38. The average Bonchev–Trinajstić information content (AvgIpc) is 2.61. The van der Waals surface area contributed by atoms with Gasteiger partial charge in [0.15, 0.2) is 0 Å². The molecule has 1 saturated heterocycles. The molecule has 0 radical (unpaired) electrons. The van der Waals surface area contributed by atoms with Crippen molar-refractivity contribution < 1.29 is 9.90 Å². The minimum atomic E-state index is -0.599. The Morgan fingerprint density at radius 2 is 2.07 bits per heavy atom. The molecule has 3 unspecified atom stereocenters. The molecule has 3 heteroatoms. The third kappa shape index (κ3) is 1.88. The molecule has 1 aromatic carbocycles. The van der Waals surface area contributed by atoms with Crippen LogP contribution in [0.1, 0.15) is 18.4 Å². The van der Waals surface area contributed by atoms with Crippen molar-refractivity contribution in [2.45, 2.75) is 18.9 Å². The Balaban J connectivity index is 2.26. The van der Waals surface area contributed by atoms with E-state index in [0.717, 1.165) is 5.56 Å². The van der Waals surface area contributed by atoms with Crippen molar-refractivity contribution in [1.29, 1.82) is 0 Å². The predicted octanol–water partition coefficient (Wildman–Crippen LogP) is 0.897. The lowest BCUT2D eigenvalue weighted by molar-refractivity contribution is -0.125. The molecule has 0 spiro atoms. The number of hydrogen-bond acceptors (Lipinski definition) is 2. The molecule has 0 aliphatic carbocycles. The van der Waals surface area contributed by atoms with Gasteiger partial charge in [0.2, 0.25) is 5.91 Å². The quantitative estimate of drug-likeness (QED) is 0.753. The monoisotopic (exact) mass is 205 g/mol. The number of carbonyl (C=O) groups is 1. The van der Waals surface area contributed by atoms with Crippen LogP contribution in [0.5, 0.6) is 0 Å². The highest BCUT2D eigenvalue weighted by Crippen LogP contribution is 2.30. The number of carbonyl (C=O) groups excluding carboxylic acids is 1. The van der Waals surface area contributed by atoms with Crippen molar-refractivity contribution >= 4 is 5.91 Å². The molecule has 0 aromatic heterocycles. The number of nitrogens with one attached hydrogen (secondary N) is 1. The van der Waals surface area contributed by atoms with E-state index in [9.17, 15) is 9.90 Å². The van der Waals surface area contributed by atoms with E-state index >= 15 is 0 Å². The number of aliphatic hydroxyl groups excluding tert-OH is 1. The van der Waals surface area contributed by atoms with E-state index in [2.05, 4.69) is 5.32 Å². The average molecular weight is 205 g/mol. The van der Waals surface area contributed by atoms with Gasteiger partial charge in [0.05, 0.1) is 12.0 Å². The Bertz CT molecular complexity index is 348. The van der Waals surface area contributed by atoms with Crippen LogP contribution in [0.2, 0.25) is 0 Å². The molecule has 0 saturated carbocycles. The Morgan fingerprint density at radius 1 is 1.40 bits per heavy atom. The van der Waals surface area contributed by atoms with Gasteiger partial charge in [-0.15, -0.1) is 0 Å². The van der Waals surface area contributed by atoms with Crippen LogP contribution in [0.4, 0.5) is 0 Å². The summed E-state index contributed by atoms with van der Waals surface area (Å²) >= 11 is 0. The maximum Gasteiger partial charge on any atom is 0.226 e. The number of amides is 1. The second-order valence-electron chi connectivity index (χ2n) is 4.03. The summed E-state index contributed by atoms with van der Waals surface area (Å²) in [7, 11) is 0. The van der Waals surface area contributed by atoms with Crippen molar-refractivity contribution in [2.24, 2.45) is 5.92 Å². The molecule has 1 aliphatic rings. The van der Waals surface area contributed by atoms with Gasteiger partial charge in [-0.2, -0.15) is 0 Å². The smallest absolute Gasteiger partial charge is 0.226 e. The molecule has 2 N–H and O–H groups in total. The molecule has 2 rings (SSSR count). The van der Waals surface area contributed by atoms with Crippen molar-refractivity contribution in [1.82, 2.24) is 5.32 Å². The Kier molecular flexibility index (Phi) is 2.73. The van der Waals surface area contributed by atoms with Gasteiger partial charge >= 0.3 is 0 Å². The van der Waals surface area contributed by atoms with Gasteiger partial charge in [0, 0.05) is 12.5 Å². The minimum absolute atomic E-state index is 0.0427. The lowest BCUT2D eigenvalue weighted by Gasteiger charge is -2.19. The van der Waals surface area contributed by atoms with Crippen LogP contribution in [0.15, 0.2) is 30.3 Å². The van der Waals surface area contributed by atoms with Crippen LogP contribution in [-0.4, -0.2) is 23.7 Å². The second kappa shape index (κ2) is 4.03. The highest BCUT2D eigenvalue weighted by molar-refractivity contribution is 5.82. The topological polar surface area (TPSA) is 49.3 Å². The van der Waals surface area contributed by atoms with E-state index in [0.29, 0.717) is 6.54 Å². The van der Waals surface area contributed by atoms with Gasteiger partial charge in [0.1, 0.15) is 0 Å². The highest BCUT2D eigenvalue weighted by atomic mass is 16.3. The lowest BCUT2D eigenvalue weighted by atomic mass is 9.85. The summed E-state index contributed by atoms with van der Waals surface area (Å²) in [4.78, 5) is 11.5. The van der Waals surface area contributed by atoms with Gasteiger partial charge in [-0.25, -0.2) is 0 Å². The molecule has 1 fully saturated rings. The maximum absolute atomic E-state index is 11.5. The van der Waals surface area contributed by atoms with Crippen molar-refractivity contribution in [3.63, 3.8) is 0 Å². The molecule has 1 aliphatic heterocycles. The molecule has 3 atom stereocenters. The number of hydrogen-bond donors (Lipinski definition) is 2. The second-order valence-corrected chi connectivity index (χ2v) is 4.03. The van der Waals surface area contributed by atoms with Gasteiger partial charge in [-0.1, -0.05) is 30.3 Å². The zero-order chi connectivity index (χ0) is 10.8. The van der Waals surface area contributed by atoms with Crippen LogP contribution in [0.25, 0.3) is 0 Å². The van der Waals surface area contributed by atoms with Crippen LogP contribution in [0.3, 0.4) is 0 Å². The van der Waals surface area contributed by atoms with E-state index < -0.39 is 6.10 Å². The standard InChI is InChI=1S/C12H15NO2/c1-8(14)11-10(7-13-12(11)15)9-5-3-2-4-6-9/h2-6,8,10-11,14H,7H2,1H3,(H,13,15). The molecule has 80 valence electrons. The molecular weight excluding hydrogens is 190 g/mol. The minimum Gasteiger partial charge on any atom is -0.393 e. The molecule has 1 heterocycles. The summed E-state index contributed by atoms with van der Waals surface area (Å²) in [6, 6.07) is 9.86. The molecule has 0 bridgehead atoms. The van der Waals surface area contributed by atoms with Crippen molar-refractivity contribution in [3.05, 3.63) is 35.9 Å². The first-order valence-electron chi connectivity index (χ1n) is 5.21. The summed E-state index contributed by atoms with van der Waals surface area (Å²) in [6.45, 7) is 2.30. The van der Waals surface area contributed by atoms with Crippen molar-refractivity contribution in [3.8, 4) is 0 Å². The summed E-state index contributed by atoms with van der Waals surface area (Å²) in [5.74, 6) is -0.259. The molecule has 3 nitrogen and oxygen atoms in total. The summed E-state index contributed by atoms with van der Waals surface area (Å²) < 4.78 is 0. The SMILES string of the molecule is CC(O)C1C(=O)NCC1c1ccccc1. The third-order valence-electron chi connectivity index (χ3n) is 2.98. The third-order valence-corrected chi connectivity index (χ3v) is 2.98. The molecule has 15 heavy (non-hydrogen) atoms. The fraction of sp³-hybridized carbons (Fsp3) is 0.417. The van der Waals surface area contributed by atoms with Gasteiger partial charge in [-0.05, 0) is 12.5 Å². The maximum atomic E-state index is 11.5. The zero-order valence-corrected chi connectivity index (χ0v) is 8.68. The Morgan fingerprint density at radius 3 is 2.67 bits per heavy atom. The Hall–Kier alpha value is -1.35. The van der Waals surface area contributed by atoms with E-state index in [1.165, 1.54) is 0 Å². The summed E-state index contributed by atoms with van der Waals surface area (Å²) in [5.41, 5.74) is 1.11. The lowest BCUT2D eigenvalue weighted by Crippen LogP contribution is -2.28. The first kappa shape index (κ1) is 10.2. The fourth-order valence-electron chi connectivity index (χ4n) is 2.22. The van der Waals surface area contributed by atoms with Crippen LogP contribution in [0, 0.1) is 5.92 Å². The van der Waals surface area contributed by atoms with Crippen molar-refractivity contribution in [2.75, 3.05) is 6.54 Å². The fourth-order valence-corrected chi connectivity index (χ4v) is 2.22. The summed E-state index contributed by atoms with van der Waals surface area (Å²) in [5, 5.41) is 12.4. The van der Waals surface area contributed by atoms with Crippen LogP contribution in [-0.2, 0) is 4.79 Å². The zero-order valence-electron chi connectivity index (χ0n) is 8.68. The molecular formula is C12H15NO2. The summed E-state index contributed by atoms with van der Waals surface area (Å²) in [6.07, 6.45) is -0.599. The van der Waals surface area contributed by atoms with E-state index in [1.54, 1.807) is 6.92 Å². The van der Waals surface area contributed by atoms with E-state index in [-0.39, 0.29) is 17.7 Å². The number of rotatable bonds is 2. The van der Waals surface area contributed by atoms with E-state index in [4.69, 9.17) is 0 Å². The number of aliphatic hydroxyl groups is 1. The van der Waals surface area contributed by atoms with Crippen LogP contribution < -0.4 is 5.32 Å². The molecule has 1 aromatic rings. The number of benzene rings is 1. The predicted molar refractivity (Wildman–Crippen MR) is 57.4 cm³/mol. The normalized spacial score (nSPS) is 27.5.